The highest BCUT2D eigenvalue weighted by Gasteiger charge is 2.20. The van der Waals surface area contributed by atoms with E-state index in [2.05, 4.69) is 15.7 Å². The van der Waals surface area contributed by atoms with E-state index in [1.54, 1.807) is 19.2 Å². The van der Waals surface area contributed by atoms with Crippen LogP contribution in [0.2, 0.25) is 0 Å². The molecule has 1 aliphatic rings. The predicted molar refractivity (Wildman–Crippen MR) is 85.9 cm³/mol. The van der Waals surface area contributed by atoms with E-state index in [-0.39, 0.29) is 10.6 Å². The second-order valence-electron chi connectivity index (χ2n) is 5.29. The van der Waals surface area contributed by atoms with Gasteiger partial charge < -0.3 is 9.64 Å². The minimum Gasteiger partial charge on any atom is -0.380 e. The highest BCUT2D eigenvalue weighted by atomic mass is 16.6. The molecule has 2 rings (SSSR count). The van der Waals surface area contributed by atoms with Crippen LogP contribution in [0.4, 0.5) is 11.4 Å². The van der Waals surface area contributed by atoms with Crippen LogP contribution in [0.5, 0.6) is 0 Å². The van der Waals surface area contributed by atoms with Gasteiger partial charge in [0, 0.05) is 69.6 Å². The molecule has 1 saturated heterocycles. The maximum atomic E-state index is 10.9. The summed E-state index contributed by atoms with van der Waals surface area (Å²) < 4.78 is 5.19. The summed E-state index contributed by atoms with van der Waals surface area (Å²) in [6, 6.07) is 4.98. The Labute approximate surface area is 130 Å². The molecule has 6 heteroatoms. The van der Waals surface area contributed by atoms with Crippen molar-refractivity contribution in [1.29, 1.82) is 0 Å². The molecule has 0 atom stereocenters. The van der Waals surface area contributed by atoms with Crippen LogP contribution in [-0.2, 0) is 11.3 Å². The maximum Gasteiger partial charge on any atom is 0.269 e. The van der Waals surface area contributed by atoms with Gasteiger partial charge in [-0.2, -0.15) is 0 Å². The van der Waals surface area contributed by atoms with E-state index < -0.39 is 0 Å². The van der Waals surface area contributed by atoms with Crippen LogP contribution in [0.25, 0.3) is 0 Å². The molecule has 0 unspecified atom stereocenters. The fraction of sp³-hybridized carbons (Fsp3) is 0.500. The molecule has 0 aromatic heterocycles. The van der Waals surface area contributed by atoms with Gasteiger partial charge in [0.2, 0.25) is 0 Å². The number of methoxy groups -OCH3 is 1. The van der Waals surface area contributed by atoms with Crippen molar-refractivity contribution in [2.75, 3.05) is 44.7 Å². The summed E-state index contributed by atoms with van der Waals surface area (Å²) in [5.41, 5.74) is 1.97. The van der Waals surface area contributed by atoms with E-state index in [0.29, 0.717) is 6.61 Å². The summed E-state index contributed by atoms with van der Waals surface area (Å²) in [6.07, 6.45) is 6.07. The summed E-state index contributed by atoms with van der Waals surface area (Å²) in [5.74, 6) is 2.66. The van der Waals surface area contributed by atoms with E-state index in [0.717, 1.165) is 50.4 Å². The fourth-order valence-corrected chi connectivity index (χ4v) is 2.70. The van der Waals surface area contributed by atoms with Crippen molar-refractivity contribution in [2.45, 2.75) is 13.0 Å². The molecule has 0 radical (unpaired) electrons. The monoisotopic (exact) mass is 303 g/mol. The van der Waals surface area contributed by atoms with Crippen LogP contribution in [0.15, 0.2) is 18.2 Å². The van der Waals surface area contributed by atoms with Crippen molar-refractivity contribution in [3.63, 3.8) is 0 Å². The van der Waals surface area contributed by atoms with Crippen LogP contribution in [0.1, 0.15) is 12.0 Å². The first-order chi connectivity index (χ1) is 10.7. The zero-order chi connectivity index (χ0) is 15.9. The van der Waals surface area contributed by atoms with Gasteiger partial charge >= 0.3 is 0 Å². The van der Waals surface area contributed by atoms with Crippen LogP contribution in [-0.4, -0.2) is 49.7 Å². The van der Waals surface area contributed by atoms with Crippen molar-refractivity contribution < 1.29 is 9.66 Å². The van der Waals surface area contributed by atoms with Gasteiger partial charge in [0.15, 0.2) is 0 Å². The molecule has 6 nitrogen and oxygen atoms in total. The first-order valence-electron chi connectivity index (χ1n) is 7.32. The van der Waals surface area contributed by atoms with E-state index in [1.165, 1.54) is 0 Å². The van der Waals surface area contributed by atoms with Crippen molar-refractivity contribution in [3.05, 3.63) is 33.9 Å². The van der Waals surface area contributed by atoms with Gasteiger partial charge in [-0.1, -0.05) is 0 Å². The second kappa shape index (κ2) is 7.78. The van der Waals surface area contributed by atoms with Crippen molar-refractivity contribution in [2.24, 2.45) is 0 Å². The summed E-state index contributed by atoms with van der Waals surface area (Å²) in [6.45, 7) is 4.97. The number of anilines is 1. The quantitative estimate of drug-likeness (QED) is 0.456. The van der Waals surface area contributed by atoms with E-state index in [1.807, 2.05) is 6.07 Å². The van der Waals surface area contributed by atoms with Gasteiger partial charge in [0.1, 0.15) is 0 Å². The third-order valence-electron chi connectivity index (χ3n) is 3.86. The molecule has 118 valence electrons. The lowest BCUT2D eigenvalue weighted by molar-refractivity contribution is -0.384. The smallest absolute Gasteiger partial charge is 0.269 e. The molecule has 1 aromatic carbocycles. The number of hydrogen-bond donors (Lipinski definition) is 0. The second-order valence-corrected chi connectivity index (χ2v) is 5.29. The average molecular weight is 303 g/mol. The largest absolute Gasteiger partial charge is 0.380 e. The molecule has 22 heavy (non-hydrogen) atoms. The Morgan fingerprint density at radius 1 is 1.36 bits per heavy atom. The van der Waals surface area contributed by atoms with Crippen LogP contribution < -0.4 is 4.90 Å². The number of nitro groups is 1. The molecular weight excluding hydrogens is 282 g/mol. The third kappa shape index (κ3) is 3.97. The number of nitro benzene ring substituents is 1. The first-order valence-corrected chi connectivity index (χ1v) is 7.32. The van der Waals surface area contributed by atoms with Crippen molar-refractivity contribution in [1.82, 2.24) is 4.90 Å². The number of ether oxygens (including phenoxy) is 1. The van der Waals surface area contributed by atoms with Gasteiger partial charge in [-0.3, -0.25) is 15.0 Å². The number of non-ortho nitro benzene ring substituents is 1. The maximum absolute atomic E-state index is 10.9. The molecule has 1 aliphatic heterocycles. The number of nitrogens with zero attached hydrogens (tertiary/aromatic N) is 3. The van der Waals surface area contributed by atoms with E-state index in [4.69, 9.17) is 11.2 Å². The van der Waals surface area contributed by atoms with Gasteiger partial charge in [0.25, 0.3) is 5.69 Å². The lowest BCUT2D eigenvalue weighted by atomic mass is 10.1. The molecule has 0 bridgehead atoms. The van der Waals surface area contributed by atoms with Crippen LogP contribution in [0.3, 0.4) is 0 Å². The van der Waals surface area contributed by atoms with Crippen molar-refractivity contribution in [3.8, 4) is 12.3 Å². The van der Waals surface area contributed by atoms with Gasteiger partial charge in [0.05, 0.1) is 11.5 Å². The highest BCUT2D eigenvalue weighted by molar-refractivity contribution is 5.58. The summed E-state index contributed by atoms with van der Waals surface area (Å²) >= 11 is 0. The topological polar surface area (TPSA) is 58.9 Å². The molecule has 0 amide bonds. The van der Waals surface area contributed by atoms with Gasteiger partial charge in [-0.25, -0.2) is 0 Å². The summed E-state index contributed by atoms with van der Waals surface area (Å²) in [5, 5.41) is 10.9. The number of piperazine rings is 1. The van der Waals surface area contributed by atoms with Crippen LogP contribution >= 0.6 is 0 Å². The SMILES string of the molecule is C#CCCN1CCN(c2ccc([N+](=O)[O-])cc2COC)CC1. The lowest BCUT2D eigenvalue weighted by Crippen LogP contribution is -2.46. The summed E-state index contributed by atoms with van der Waals surface area (Å²) in [4.78, 5) is 15.1. The Morgan fingerprint density at radius 3 is 2.68 bits per heavy atom. The number of benzene rings is 1. The lowest BCUT2D eigenvalue weighted by Gasteiger charge is -2.36. The van der Waals surface area contributed by atoms with Crippen LogP contribution in [0, 0.1) is 22.5 Å². The molecule has 0 saturated carbocycles. The Kier molecular flexibility index (Phi) is 5.75. The number of rotatable bonds is 6. The molecule has 1 aromatic rings. The first kappa shape index (κ1) is 16.3. The predicted octanol–water partition coefficient (Wildman–Crippen LogP) is 1.89. The van der Waals surface area contributed by atoms with E-state index >= 15 is 0 Å². The Bertz CT molecular complexity index is 560. The molecule has 1 fully saturated rings. The van der Waals surface area contributed by atoms with Crippen molar-refractivity contribution >= 4 is 11.4 Å². The molecule has 0 spiro atoms. The standard InChI is InChI=1S/C16H21N3O3/c1-3-4-7-17-8-10-18(11-9-17)16-6-5-15(19(20)21)12-14(16)13-22-2/h1,5-6,12H,4,7-11,13H2,2H3. The number of terminal acetylenes is 1. The zero-order valence-electron chi connectivity index (χ0n) is 12.8. The summed E-state index contributed by atoms with van der Waals surface area (Å²) in [7, 11) is 1.60. The minimum atomic E-state index is -0.374. The highest BCUT2D eigenvalue weighted by Crippen LogP contribution is 2.27. The number of hydrogen-bond acceptors (Lipinski definition) is 5. The average Bonchev–Trinajstić information content (AvgIpc) is 2.53. The Hall–Kier alpha value is -2.10. The van der Waals surface area contributed by atoms with Gasteiger partial charge in [-0.05, 0) is 6.07 Å². The van der Waals surface area contributed by atoms with Gasteiger partial charge in [-0.15, -0.1) is 12.3 Å². The molecule has 1 heterocycles. The zero-order valence-corrected chi connectivity index (χ0v) is 12.8. The molecule has 0 N–H and O–H groups in total. The minimum absolute atomic E-state index is 0.100. The fourth-order valence-electron chi connectivity index (χ4n) is 2.70. The molecular formula is C16H21N3O3. The normalized spacial score (nSPS) is 15.5. The Morgan fingerprint density at radius 2 is 2.09 bits per heavy atom. The Balaban J connectivity index is 2.09. The van der Waals surface area contributed by atoms with E-state index in [9.17, 15) is 10.1 Å². The molecule has 0 aliphatic carbocycles. The third-order valence-corrected chi connectivity index (χ3v) is 3.86.